The van der Waals surface area contributed by atoms with E-state index in [1.54, 1.807) is 24.3 Å². The van der Waals surface area contributed by atoms with Crippen LogP contribution >= 0.6 is 11.8 Å². The van der Waals surface area contributed by atoms with E-state index in [0.717, 1.165) is 30.6 Å². The third-order valence-corrected chi connectivity index (χ3v) is 7.18. The van der Waals surface area contributed by atoms with E-state index in [2.05, 4.69) is 10.5 Å². The molecule has 0 radical (unpaired) electrons. The van der Waals surface area contributed by atoms with Crippen molar-refractivity contribution in [2.75, 3.05) is 12.4 Å². The van der Waals surface area contributed by atoms with Crippen molar-refractivity contribution in [2.24, 2.45) is 5.16 Å². The zero-order valence-electron chi connectivity index (χ0n) is 18.6. The lowest BCUT2D eigenvalue weighted by Crippen LogP contribution is -2.71. The van der Waals surface area contributed by atoms with Crippen LogP contribution in [0, 0.1) is 0 Å². The van der Waals surface area contributed by atoms with Crippen LogP contribution in [0.4, 0.5) is 0 Å². The molecule has 1 saturated carbocycles. The van der Waals surface area contributed by atoms with E-state index in [0.29, 0.717) is 11.1 Å². The van der Waals surface area contributed by atoms with E-state index in [-0.39, 0.29) is 29.9 Å². The molecule has 11 heteroatoms. The molecule has 0 aromatic heterocycles. The van der Waals surface area contributed by atoms with Crippen molar-refractivity contribution in [3.05, 3.63) is 47.2 Å². The maximum Gasteiger partial charge on any atom is 0.352 e. The highest BCUT2D eigenvalue weighted by molar-refractivity contribution is 8.00. The van der Waals surface area contributed by atoms with Gasteiger partial charge in [-0.15, -0.1) is 11.8 Å². The van der Waals surface area contributed by atoms with E-state index < -0.39 is 35.2 Å². The summed E-state index contributed by atoms with van der Waals surface area (Å²) in [6, 6.07) is 7.91. The number of β-lactam (4-membered cyclic amide) rings is 1. The van der Waals surface area contributed by atoms with E-state index >= 15 is 0 Å². The highest BCUT2D eigenvalue weighted by Gasteiger charge is 2.54. The molecule has 2 heterocycles. The van der Waals surface area contributed by atoms with Gasteiger partial charge in [-0.25, -0.2) is 4.79 Å². The first-order chi connectivity index (χ1) is 16.4. The van der Waals surface area contributed by atoms with Crippen molar-refractivity contribution < 1.29 is 33.9 Å². The average Bonchev–Trinajstić information content (AvgIpc) is 3.34. The van der Waals surface area contributed by atoms with Crippen molar-refractivity contribution >= 4 is 41.2 Å². The Morgan fingerprint density at radius 1 is 1.21 bits per heavy atom. The van der Waals surface area contributed by atoms with Gasteiger partial charge >= 0.3 is 11.9 Å². The second-order valence-corrected chi connectivity index (χ2v) is 9.32. The number of ether oxygens (including phenoxy) is 1. The number of nitrogens with zero attached hydrogens (tertiary/aromatic N) is 2. The summed E-state index contributed by atoms with van der Waals surface area (Å²) in [5.74, 6) is -2.71. The van der Waals surface area contributed by atoms with Gasteiger partial charge in [0.15, 0.2) is 5.71 Å². The molecule has 2 amide bonds. The molecule has 2 atom stereocenters. The predicted octanol–water partition coefficient (Wildman–Crippen LogP) is 1.65. The number of aliphatic carboxylic acids is 1. The zero-order valence-corrected chi connectivity index (χ0v) is 19.4. The number of carbonyl (C=O) groups is 4. The number of amides is 2. The van der Waals surface area contributed by atoms with Crippen molar-refractivity contribution in [2.45, 2.75) is 50.1 Å². The van der Waals surface area contributed by atoms with Gasteiger partial charge in [0.2, 0.25) is 0 Å². The van der Waals surface area contributed by atoms with E-state index in [1.807, 2.05) is 6.07 Å². The van der Waals surface area contributed by atoms with Gasteiger partial charge in [0.1, 0.15) is 29.8 Å². The number of carbonyl (C=O) groups excluding carboxylic acids is 3. The monoisotopic (exact) mass is 487 g/mol. The molecule has 4 rings (SSSR count). The molecule has 1 aromatic carbocycles. The van der Waals surface area contributed by atoms with Gasteiger partial charge in [-0.1, -0.05) is 35.5 Å². The average molecular weight is 488 g/mol. The van der Waals surface area contributed by atoms with Crippen LogP contribution in [0.2, 0.25) is 0 Å². The Morgan fingerprint density at radius 3 is 2.56 bits per heavy atom. The summed E-state index contributed by atoms with van der Waals surface area (Å²) in [5.41, 5.74) is 0.734. The lowest BCUT2D eigenvalue weighted by atomic mass is 10.0. The molecular weight excluding hydrogens is 462 g/mol. The van der Waals surface area contributed by atoms with Crippen LogP contribution in [-0.2, 0) is 28.8 Å². The first-order valence-corrected chi connectivity index (χ1v) is 12.0. The molecule has 34 heavy (non-hydrogen) atoms. The van der Waals surface area contributed by atoms with Gasteiger partial charge in [0.25, 0.3) is 11.8 Å². The number of hydrogen-bond acceptors (Lipinski definition) is 8. The number of hydrogen-bond donors (Lipinski definition) is 2. The second-order valence-electron chi connectivity index (χ2n) is 8.22. The van der Waals surface area contributed by atoms with Crippen LogP contribution in [0.25, 0.3) is 0 Å². The van der Waals surface area contributed by atoms with Crippen LogP contribution in [0.5, 0.6) is 0 Å². The van der Waals surface area contributed by atoms with Crippen molar-refractivity contribution in [1.82, 2.24) is 10.2 Å². The Morgan fingerprint density at radius 2 is 1.91 bits per heavy atom. The largest absolute Gasteiger partial charge is 0.477 e. The Hall–Kier alpha value is -3.34. The Kier molecular flexibility index (Phi) is 7.20. The van der Waals surface area contributed by atoms with Gasteiger partial charge < -0.3 is 20.0 Å². The molecular formula is C23H25N3O7S. The Balaban J connectivity index is 1.50. The lowest BCUT2D eigenvalue weighted by Gasteiger charge is -2.49. The maximum absolute atomic E-state index is 13.1. The molecule has 180 valence electrons. The minimum atomic E-state index is -1.29. The van der Waals surface area contributed by atoms with Gasteiger partial charge in [-0.3, -0.25) is 19.3 Å². The number of carboxylic acids is 1. The molecule has 2 N–H and O–H groups in total. The van der Waals surface area contributed by atoms with E-state index in [9.17, 15) is 24.3 Å². The molecule has 1 saturated heterocycles. The maximum atomic E-state index is 13.1. The fraction of sp³-hybridized carbons (Fsp3) is 0.435. The summed E-state index contributed by atoms with van der Waals surface area (Å²) in [4.78, 5) is 55.8. The number of fused-ring (bicyclic) bond motifs is 1. The smallest absolute Gasteiger partial charge is 0.352 e. The van der Waals surface area contributed by atoms with Gasteiger partial charge in [0, 0.05) is 23.8 Å². The third-order valence-electron chi connectivity index (χ3n) is 5.84. The molecule has 2 fully saturated rings. The molecule has 2 aliphatic heterocycles. The van der Waals surface area contributed by atoms with Crippen molar-refractivity contribution in [3.8, 4) is 0 Å². The van der Waals surface area contributed by atoms with E-state index in [1.165, 1.54) is 18.7 Å². The molecule has 1 aliphatic carbocycles. The minimum absolute atomic E-state index is 0.0415. The summed E-state index contributed by atoms with van der Waals surface area (Å²) in [7, 11) is 0. The summed E-state index contributed by atoms with van der Waals surface area (Å²) >= 11 is 1.30. The normalized spacial score (nSPS) is 22.7. The number of nitrogens with one attached hydrogen (secondary N) is 1. The summed E-state index contributed by atoms with van der Waals surface area (Å²) in [6.07, 6.45) is 3.82. The van der Waals surface area contributed by atoms with Gasteiger partial charge in [-0.05, 0) is 25.7 Å². The fourth-order valence-corrected chi connectivity index (χ4v) is 5.46. The predicted molar refractivity (Wildman–Crippen MR) is 123 cm³/mol. The molecule has 0 spiro atoms. The second kappa shape index (κ2) is 10.3. The Labute approximate surface area is 200 Å². The Bertz CT molecular complexity index is 1050. The lowest BCUT2D eigenvalue weighted by molar-refractivity contribution is -0.150. The standard InChI is InChI=1S/C23H25N3O7S/c1-13(27)32-11-15-12-34-22-18(21(29)26(22)19(15)23(30)31)24-20(28)17(14-7-3-2-4-8-14)25-33-16-9-5-6-10-16/h2-4,7-8,16,18,22H,5-6,9-12H2,1H3,(H,24,28)(H,30,31)/t18-,22-/m1/s1. The summed E-state index contributed by atoms with van der Waals surface area (Å²) in [6.45, 7) is 1.02. The SMILES string of the molecule is CC(=O)OCC1=C(C(=O)O)N2C(=O)[C@@H](NC(=O)C(=NOC3CCCC3)c3ccccc3)[C@H]2SC1. The number of rotatable bonds is 8. The van der Waals surface area contributed by atoms with Gasteiger partial charge in [0.05, 0.1) is 0 Å². The zero-order chi connectivity index (χ0) is 24.2. The van der Waals surface area contributed by atoms with E-state index in [4.69, 9.17) is 9.57 Å². The fourth-order valence-electron chi connectivity index (χ4n) is 4.13. The molecule has 1 aromatic rings. The topological polar surface area (TPSA) is 135 Å². The number of esters is 1. The van der Waals surface area contributed by atoms with Gasteiger partial charge in [-0.2, -0.15) is 0 Å². The first kappa shape index (κ1) is 23.8. The summed E-state index contributed by atoms with van der Waals surface area (Å²) in [5, 5.41) is 15.9. The quantitative estimate of drug-likeness (QED) is 0.245. The molecule has 0 unspecified atom stereocenters. The third kappa shape index (κ3) is 4.93. The molecule has 0 bridgehead atoms. The van der Waals surface area contributed by atoms with Crippen LogP contribution in [0.15, 0.2) is 46.8 Å². The minimum Gasteiger partial charge on any atom is -0.477 e. The molecule has 10 nitrogen and oxygen atoms in total. The number of benzene rings is 1. The number of thioether (sulfide) groups is 1. The highest BCUT2D eigenvalue weighted by Crippen LogP contribution is 2.40. The molecule has 3 aliphatic rings. The van der Waals surface area contributed by atoms with Crippen LogP contribution in [0.3, 0.4) is 0 Å². The number of oxime groups is 1. The van der Waals surface area contributed by atoms with Crippen LogP contribution in [-0.4, -0.2) is 69.4 Å². The first-order valence-electron chi connectivity index (χ1n) is 11.0. The van der Waals surface area contributed by atoms with Crippen molar-refractivity contribution in [3.63, 3.8) is 0 Å². The number of carboxylic acid groups (broad SMARTS) is 1. The van der Waals surface area contributed by atoms with Crippen LogP contribution < -0.4 is 5.32 Å². The summed E-state index contributed by atoms with van der Waals surface area (Å²) < 4.78 is 4.93. The highest BCUT2D eigenvalue weighted by atomic mass is 32.2. The van der Waals surface area contributed by atoms with Crippen LogP contribution in [0.1, 0.15) is 38.2 Å². The van der Waals surface area contributed by atoms with Crippen molar-refractivity contribution in [1.29, 1.82) is 0 Å².